The fraction of sp³-hybridized carbons (Fsp3) is 0.333. The normalized spacial score (nSPS) is 17.6. The summed E-state index contributed by atoms with van der Waals surface area (Å²) in [4.78, 5) is 14.8. The van der Waals surface area contributed by atoms with E-state index in [0.717, 1.165) is 30.8 Å². The molecule has 0 N–H and O–H groups in total. The zero-order valence-corrected chi connectivity index (χ0v) is 14.1. The SMILES string of the molecule is Cc1c(C(=O)N2CCC[C@@H](n3cccn3)C2)nnn1-c1ccccc1. The first-order valence-electron chi connectivity index (χ1n) is 8.50. The van der Waals surface area contributed by atoms with E-state index >= 15 is 0 Å². The van der Waals surface area contributed by atoms with E-state index < -0.39 is 0 Å². The van der Waals surface area contributed by atoms with E-state index in [-0.39, 0.29) is 11.9 Å². The fourth-order valence-corrected chi connectivity index (χ4v) is 3.34. The third-order valence-electron chi connectivity index (χ3n) is 4.68. The monoisotopic (exact) mass is 336 g/mol. The van der Waals surface area contributed by atoms with E-state index in [0.29, 0.717) is 12.2 Å². The highest BCUT2D eigenvalue weighted by molar-refractivity contribution is 5.93. The number of hydrogen-bond acceptors (Lipinski definition) is 4. The molecule has 7 heteroatoms. The van der Waals surface area contributed by atoms with E-state index in [1.807, 2.05) is 59.1 Å². The van der Waals surface area contributed by atoms with Crippen molar-refractivity contribution < 1.29 is 4.79 Å². The van der Waals surface area contributed by atoms with Gasteiger partial charge in [0.2, 0.25) is 0 Å². The highest BCUT2D eigenvalue weighted by atomic mass is 16.2. The minimum atomic E-state index is -0.0588. The van der Waals surface area contributed by atoms with Gasteiger partial charge in [0.05, 0.1) is 17.4 Å². The Bertz CT molecular complexity index is 855. The molecule has 0 radical (unpaired) electrons. The highest BCUT2D eigenvalue weighted by Crippen LogP contribution is 2.23. The Kier molecular flexibility index (Phi) is 4.05. The molecule has 1 aromatic carbocycles. The maximum absolute atomic E-state index is 13.0. The van der Waals surface area contributed by atoms with Crippen LogP contribution in [-0.2, 0) is 0 Å². The van der Waals surface area contributed by atoms with Crippen LogP contribution in [-0.4, -0.2) is 48.7 Å². The Hall–Kier alpha value is -2.96. The second kappa shape index (κ2) is 6.51. The number of rotatable bonds is 3. The molecule has 1 fully saturated rings. The van der Waals surface area contributed by atoms with Crippen LogP contribution in [0, 0.1) is 6.92 Å². The molecule has 1 saturated heterocycles. The molecule has 0 bridgehead atoms. The number of para-hydroxylation sites is 1. The largest absolute Gasteiger partial charge is 0.335 e. The van der Waals surface area contributed by atoms with Crippen LogP contribution in [0.5, 0.6) is 0 Å². The second-order valence-electron chi connectivity index (χ2n) is 6.30. The van der Waals surface area contributed by atoms with Crippen molar-refractivity contribution in [2.24, 2.45) is 0 Å². The summed E-state index contributed by atoms with van der Waals surface area (Å²) in [5.41, 5.74) is 2.09. The maximum atomic E-state index is 13.0. The van der Waals surface area contributed by atoms with Gasteiger partial charge in [-0.15, -0.1) is 5.10 Å². The lowest BCUT2D eigenvalue weighted by Crippen LogP contribution is -2.41. The molecule has 25 heavy (non-hydrogen) atoms. The van der Waals surface area contributed by atoms with Gasteiger partial charge >= 0.3 is 0 Å². The molecule has 1 atom stereocenters. The molecule has 4 rings (SSSR count). The molecule has 0 unspecified atom stereocenters. The molecule has 0 aliphatic carbocycles. The van der Waals surface area contributed by atoms with Gasteiger partial charge in [-0.25, -0.2) is 4.68 Å². The Morgan fingerprint density at radius 2 is 2.04 bits per heavy atom. The van der Waals surface area contributed by atoms with Gasteiger partial charge in [0.25, 0.3) is 5.91 Å². The fourth-order valence-electron chi connectivity index (χ4n) is 3.34. The van der Waals surface area contributed by atoms with Gasteiger partial charge in [0, 0.05) is 25.5 Å². The quantitative estimate of drug-likeness (QED) is 0.736. The van der Waals surface area contributed by atoms with Gasteiger partial charge in [-0.1, -0.05) is 23.4 Å². The van der Waals surface area contributed by atoms with Crippen LogP contribution < -0.4 is 0 Å². The third kappa shape index (κ3) is 2.93. The molecule has 1 amide bonds. The summed E-state index contributed by atoms with van der Waals surface area (Å²) in [7, 11) is 0. The van der Waals surface area contributed by atoms with Crippen molar-refractivity contribution in [1.29, 1.82) is 0 Å². The van der Waals surface area contributed by atoms with E-state index in [1.54, 1.807) is 10.9 Å². The van der Waals surface area contributed by atoms with E-state index in [1.165, 1.54) is 0 Å². The summed E-state index contributed by atoms with van der Waals surface area (Å²) in [5, 5.41) is 12.6. The summed E-state index contributed by atoms with van der Waals surface area (Å²) in [6.45, 7) is 3.28. The lowest BCUT2D eigenvalue weighted by molar-refractivity contribution is 0.0666. The molecule has 1 aliphatic heterocycles. The highest BCUT2D eigenvalue weighted by Gasteiger charge is 2.28. The smallest absolute Gasteiger partial charge is 0.276 e. The Labute approximate surface area is 145 Å². The van der Waals surface area contributed by atoms with Crippen molar-refractivity contribution in [3.05, 3.63) is 60.2 Å². The van der Waals surface area contributed by atoms with Crippen molar-refractivity contribution >= 4 is 5.91 Å². The molecule has 0 spiro atoms. The summed E-state index contributed by atoms with van der Waals surface area (Å²) < 4.78 is 3.65. The molecule has 3 heterocycles. The van der Waals surface area contributed by atoms with Crippen LogP contribution in [0.15, 0.2) is 48.8 Å². The Balaban J connectivity index is 1.56. The van der Waals surface area contributed by atoms with Gasteiger partial charge in [0.1, 0.15) is 0 Å². The molecule has 7 nitrogen and oxygen atoms in total. The molecule has 1 aliphatic rings. The lowest BCUT2D eigenvalue weighted by Gasteiger charge is -2.32. The summed E-state index contributed by atoms with van der Waals surface area (Å²) in [6, 6.07) is 11.9. The number of carbonyl (C=O) groups is 1. The summed E-state index contributed by atoms with van der Waals surface area (Å²) >= 11 is 0. The Morgan fingerprint density at radius 1 is 1.20 bits per heavy atom. The molecule has 128 valence electrons. The van der Waals surface area contributed by atoms with Crippen molar-refractivity contribution in [3.8, 4) is 5.69 Å². The first-order valence-corrected chi connectivity index (χ1v) is 8.50. The zero-order valence-electron chi connectivity index (χ0n) is 14.1. The van der Waals surface area contributed by atoms with Crippen molar-refractivity contribution in [2.75, 3.05) is 13.1 Å². The average molecular weight is 336 g/mol. The zero-order chi connectivity index (χ0) is 17.2. The van der Waals surface area contributed by atoms with E-state index in [4.69, 9.17) is 0 Å². The van der Waals surface area contributed by atoms with Crippen LogP contribution in [0.2, 0.25) is 0 Å². The van der Waals surface area contributed by atoms with Gasteiger partial charge in [-0.05, 0) is 38.0 Å². The predicted octanol–water partition coefficient (Wildman–Crippen LogP) is 2.25. The second-order valence-corrected chi connectivity index (χ2v) is 6.30. The first-order chi connectivity index (χ1) is 12.2. The number of amides is 1. The van der Waals surface area contributed by atoms with Gasteiger partial charge < -0.3 is 4.90 Å². The van der Waals surface area contributed by atoms with Crippen molar-refractivity contribution in [2.45, 2.75) is 25.8 Å². The number of aromatic nitrogens is 5. The molecular formula is C18H20N6O. The summed E-state index contributed by atoms with van der Waals surface area (Å²) in [5.74, 6) is -0.0588. The minimum absolute atomic E-state index is 0.0588. The van der Waals surface area contributed by atoms with Crippen LogP contribution in [0.4, 0.5) is 0 Å². The maximum Gasteiger partial charge on any atom is 0.276 e. The minimum Gasteiger partial charge on any atom is -0.335 e. The number of nitrogens with zero attached hydrogens (tertiary/aromatic N) is 6. The number of hydrogen-bond donors (Lipinski definition) is 0. The van der Waals surface area contributed by atoms with Crippen molar-refractivity contribution in [3.63, 3.8) is 0 Å². The predicted molar refractivity (Wildman–Crippen MR) is 92.5 cm³/mol. The van der Waals surface area contributed by atoms with Crippen LogP contribution in [0.25, 0.3) is 5.69 Å². The number of likely N-dealkylation sites (tertiary alicyclic amines) is 1. The number of benzene rings is 1. The third-order valence-corrected chi connectivity index (χ3v) is 4.68. The molecule has 0 saturated carbocycles. The molecule has 3 aromatic rings. The molecule has 2 aromatic heterocycles. The van der Waals surface area contributed by atoms with Crippen LogP contribution in [0.3, 0.4) is 0 Å². The van der Waals surface area contributed by atoms with E-state index in [2.05, 4.69) is 15.4 Å². The number of carbonyl (C=O) groups excluding carboxylic acids is 1. The average Bonchev–Trinajstić information content (AvgIpc) is 3.32. The molecular weight excluding hydrogens is 316 g/mol. The standard InChI is InChI=1S/C18H20N6O/c1-14-17(20-21-24(14)15-7-3-2-4-8-15)18(25)22-11-5-9-16(13-22)23-12-6-10-19-23/h2-4,6-8,10,12,16H,5,9,11,13H2,1H3/t16-/m1/s1. The lowest BCUT2D eigenvalue weighted by atomic mass is 10.1. The first kappa shape index (κ1) is 15.6. The van der Waals surface area contributed by atoms with Crippen molar-refractivity contribution in [1.82, 2.24) is 29.7 Å². The van der Waals surface area contributed by atoms with E-state index in [9.17, 15) is 4.79 Å². The van der Waals surface area contributed by atoms with Gasteiger partial charge in [-0.2, -0.15) is 5.10 Å². The van der Waals surface area contributed by atoms with Gasteiger partial charge in [-0.3, -0.25) is 9.48 Å². The topological polar surface area (TPSA) is 68.8 Å². The van der Waals surface area contributed by atoms with Crippen LogP contribution in [0.1, 0.15) is 35.1 Å². The number of piperidine rings is 1. The van der Waals surface area contributed by atoms with Crippen LogP contribution >= 0.6 is 0 Å². The summed E-state index contributed by atoms with van der Waals surface area (Å²) in [6.07, 6.45) is 5.72. The Morgan fingerprint density at radius 3 is 2.80 bits per heavy atom. The van der Waals surface area contributed by atoms with Gasteiger partial charge in [0.15, 0.2) is 5.69 Å².